The Labute approximate surface area is 104 Å². The number of para-hydroxylation sites is 1. The molecular formula is C13H14O3S. The highest BCUT2D eigenvalue weighted by Gasteiger charge is 2.11. The van der Waals surface area contributed by atoms with Gasteiger partial charge in [-0.2, -0.15) is 11.8 Å². The Balaban J connectivity index is 1.99. The Bertz CT molecular complexity index is 471. The van der Waals surface area contributed by atoms with E-state index in [1.54, 1.807) is 6.07 Å². The van der Waals surface area contributed by atoms with Crippen molar-refractivity contribution in [2.45, 2.75) is 6.42 Å². The Morgan fingerprint density at radius 1 is 1.35 bits per heavy atom. The standard InChI is InChI=1S/C13H14O3S/c14-6-3-7-17-9-11(15)13-8-10-4-1-2-5-12(10)16-13/h1-2,4-5,8,14H,3,6-7,9H2. The lowest BCUT2D eigenvalue weighted by molar-refractivity contribution is 0.0994. The molecule has 0 radical (unpaired) electrons. The van der Waals surface area contributed by atoms with Crippen LogP contribution in [0, 0.1) is 0 Å². The zero-order valence-electron chi connectivity index (χ0n) is 9.39. The second-order valence-corrected chi connectivity index (χ2v) is 4.81. The number of ketones is 1. The largest absolute Gasteiger partial charge is 0.453 e. The fourth-order valence-electron chi connectivity index (χ4n) is 1.52. The summed E-state index contributed by atoms with van der Waals surface area (Å²) in [7, 11) is 0. The Hall–Kier alpha value is -1.26. The highest BCUT2D eigenvalue weighted by Crippen LogP contribution is 2.20. The number of thioether (sulfide) groups is 1. The van der Waals surface area contributed by atoms with Crippen molar-refractivity contribution in [1.29, 1.82) is 0 Å². The molecule has 1 aromatic carbocycles. The van der Waals surface area contributed by atoms with Crippen LogP contribution in [-0.2, 0) is 0 Å². The normalized spacial score (nSPS) is 10.9. The fourth-order valence-corrected chi connectivity index (χ4v) is 2.33. The van der Waals surface area contributed by atoms with Crippen molar-refractivity contribution >= 4 is 28.5 Å². The molecule has 0 amide bonds. The third-order valence-corrected chi connectivity index (χ3v) is 3.42. The molecule has 2 rings (SSSR count). The van der Waals surface area contributed by atoms with E-state index in [1.165, 1.54) is 11.8 Å². The van der Waals surface area contributed by atoms with Crippen LogP contribution in [0.4, 0.5) is 0 Å². The van der Waals surface area contributed by atoms with Crippen LogP contribution in [-0.4, -0.2) is 29.0 Å². The van der Waals surface area contributed by atoms with E-state index < -0.39 is 0 Å². The summed E-state index contributed by atoms with van der Waals surface area (Å²) in [6.45, 7) is 0.172. The first-order valence-corrected chi connectivity index (χ1v) is 6.67. The van der Waals surface area contributed by atoms with Crippen molar-refractivity contribution < 1.29 is 14.3 Å². The average Bonchev–Trinajstić information content (AvgIpc) is 2.78. The van der Waals surface area contributed by atoms with Crippen LogP contribution >= 0.6 is 11.8 Å². The second kappa shape index (κ2) is 5.89. The molecular weight excluding hydrogens is 236 g/mol. The molecule has 0 saturated carbocycles. The van der Waals surface area contributed by atoms with Crippen LogP contribution in [0.1, 0.15) is 17.0 Å². The number of fused-ring (bicyclic) bond motifs is 1. The molecule has 0 aliphatic rings. The minimum absolute atomic E-state index is 0.00383. The van der Waals surface area contributed by atoms with Crippen molar-refractivity contribution in [2.24, 2.45) is 0 Å². The highest BCUT2D eigenvalue weighted by molar-refractivity contribution is 7.99. The topological polar surface area (TPSA) is 50.4 Å². The lowest BCUT2D eigenvalue weighted by Gasteiger charge is -1.97. The molecule has 0 fully saturated rings. The van der Waals surface area contributed by atoms with E-state index in [2.05, 4.69) is 0 Å². The second-order valence-electron chi connectivity index (χ2n) is 3.70. The first-order valence-electron chi connectivity index (χ1n) is 5.51. The molecule has 17 heavy (non-hydrogen) atoms. The smallest absolute Gasteiger partial charge is 0.207 e. The van der Waals surface area contributed by atoms with Crippen molar-refractivity contribution in [2.75, 3.05) is 18.1 Å². The molecule has 2 aromatic rings. The Morgan fingerprint density at radius 3 is 2.94 bits per heavy atom. The van der Waals surface area contributed by atoms with E-state index in [-0.39, 0.29) is 12.4 Å². The van der Waals surface area contributed by atoms with Gasteiger partial charge < -0.3 is 9.52 Å². The number of Topliss-reactive ketones (excluding diaryl/α,β-unsaturated/α-hetero) is 1. The first-order chi connectivity index (χ1) is 8.31. The predicted octanol–water partition coefficient (Wildman–Crippen LogP) is 2.73. The third kappa shape index (κ3) is 3.11. The summed E-state index contributed by atoms with van der Waals surface area (Å²) in [4.78, 5) is 11.8. The Morgan fingerprint density at radius 2 is 2.18 bits per heavy atom. The van der Waals surface area contributed by atoms with Crippen LogP contribution < -0.4 is 0 Å². The van der Waals surface area contributed by atoms with Gasteiger partial charge in [-0.25, -0.2) is 0 Å². The number of hydrogen-bond acceptors (Lipinski definition) is 4. The van der Waals surface area contributed by atoms with Crippen LogP contribution in [0.25, 0.3) is 11.0 Å². The summed E-state index contributed by atoms with van der Waals surface area (Å²) in [6, 6.07) is 9.36. The lowest BCUT2D eigenvalue weighted by Crippen LogP contribution is -2.01. The number of carbonyl (C=O) groups is 1. The molecule has 90 valence electrons. The molecule has 0 spiro atoms. The maximum Gasteiger partial charge on any atom is 0.207 e. The van der Waals surface area contributed by atoms with Crippen LogP contribution in [0.5, 0.6) is 0 Å². The SMILES string of the molecule is O=C(CSCCCO)c1cc2ccccc2o1. The zero-order chi connectivity index (χ0) is 12.1. The highest BCUT2D eigenvalue weighted by atomic mass is 32.2. The molecule has 0 aliphatic heterocycles. The summed E-state index contributed by atoms with van der Waals surface area (Å²) >= 11 is 1.52. The molecule has 0 aliphatic carbocycles. The summed E-state index contributed by atoms with van der Waals surface area (Å²) in [5, 5.41) is 9.58. The molecule has 0 atom stereocenters. The van der Waals surface area contributed by atoms with Crippen molar-refractivity contribution in [1.82, 2.24) is 0 Å². The predicted molar refractivity (Wildman–Crippen MR) is 69.6 cm³/mol. The van der Waals surface area contributed by atoms with Gasteiger partial charge in [0.1, 0.15) is 5.58 Å². The van der Waals surface area contributed by atoms with Gasteiger partial charge in [0.25, 0.3) is 0 Å². The van der Waals surface area contributed by atoms with Gasteiger partial charge in [0.05, 0.1) is 5.75 Å². The molecule has 0 bridgehead atoms. The van der Waals surface area contributed by atoms with Gasteiger partial charge in [0.15, 0.2) is 5.76 Å². The summed E-state index contributed by atoms with van der Waals surface area (Å²) in [5.41, 5.74) is 0.746. The van der Waals surface area contributed by atoms with Gasteiger partial charge >= 0.3 is 0 Å². The van der Waals surface area contributed by atoms with E-state index in [1.807, 2.05) is 24.3 Å². The van der Waals surface area contributed by atoms with E-state index in [0.29, 0.717) is 11.5 Å². The van der Waals surface area contributed by atoms with Gasteiger partial charge in [-0.1, -0.05) is 18.2 Å². The maximum atomic E-state index is 11.8. The van der Waals surface area contributed by atoms with Crippen LogP contribution in [0.3, 0.4) is 0 Å². The fraction of sp³-hybridized carbons (Fsp3) is 0.308. The Kier molecular flexibility index (Phi) is 4.23. The minimum atomic E-state index is 0.00383. The first kappa shape index (κ1) is 12.2. The van der Waals surface area contributed by atoms with E-state index in [0.717, 1.165) is 23.1 Å². The van der Waals surface area contributed by atoms with Gasteiger partial charge in [-0.05, 0) is 24.3 Å². The van der Waals surface area contributed by atoms with Crippen molar-refractivity contribution in [3.8, 4) is 0 Å². The summed E-state index contributed by atoms with van der Waals surface area (Å²) in [5.74, 6) is 1.62. The molecule has 4 heteroatoms. The number of aliphatic hydroxyl groups is 1. The monoisotopic (exact) mass is 250 g/mol. The van der Waals surface area contributed by atoms with Gasteiger partial charge in [-0.3, -0.25) is 4.79 Å². The number of rotatable bonds is 6. The van der Waals surface area contributed by atoms with Crippen molar-refractivity contribution in [3.63, 3.8) is 0 Å². The molecule has 1 N–H and O–H groups in total. The van der Waals surface area contributed by atoms with Crippen molar-refractivity contribution in [3.05, 3.63) is 36.1 Å². The number of benzene rings is 1. The minimum Gasteiger partial charge on any atom is -0.453 e. The quantitative estimate of drug-likeness (QED) is 0.632. The maximum absolute atomic E-state index is 11.8. The van der Waals surface area contributed by atoms with Gasteiger partial charge in [0.2, 0.25) is 5.78 Å². The van der Waals surface area contributed by atoms with Gasteiger partial charge in [0, 0.05) is 12.0 Å². The molecule has 1 aromatic heterocycles. The number of aliphatic hydroxyl groups excluding tert-OH is 1. The van der Waals surface area contributed by atoms with E-state index in [9.17, 15) is 4.79 Å². The van der Waals surface area contributed by atoms with E-state index in [4.69, 9.17) is 9.52 Å². The zero-order valence-corrected chi connectivity index (χ0v) is 10.2. The number of carbonyl (C=O) groups excluding carboxylic acids is 1. The average molecular weight is 250 g/mol. The van der Waals surface area contributed by atoms with Crippen LogP contribution in [0.15, 0.2) is 34.7 Å². The summed E-state index contributed by atoms with van der Waals surface area (Å²) < 4.78 is 5.47. The van der Waals surface area contributed by atoms with Gasteiger partial charge in [-0.15, -0.1) is 0 Å². The molecule has 1 heterocycles. The lowest BCUT2D eigenvalue weighted by atomic mass is 10.2. The molecule has 3 nitrogen and oxygen atoms in total. The van der Waals surface area contributed by atoms with Crippen LogP contribution in [0.2, 0.25) is 0 Å². The summed E-state index contributed by atoms with van der Waals surface area (Å²) in [6.07, 6.45) is 0.720. The third-order valence-electron chi connectivity index (χ3n) is 2.38. The number of hydrogen-bond donors (Lipinski definition) is 1. The molecule has 0 unspecified atom stereocenters. The molecule has 0 saturated heterocycles. The van der Waals surface area contributed by atoms with E-state index >= 15 is 0 Å². The number of furan rings is 1.